The number of rotatable bonds is 8. The lowest BCUT2D eigenvalue weighted by molar-refractivity contribution is 0.0993. The topological polar surface area (TPSA) is 115 Å². The molecule has 0 spiro atoms. The van der Waals surface area contributed by atoms with Crippen molar-refractivity contribution in [3.63, 3.8) is 0 Å². The van der Waals surface area contributed by atoms with E-state index in [0.29, 0.717) is 17.1 Å². The lowest BCUT2D eigenvalue weighted by Gasteiger charge is -2.10. The van der Waals surface area contributed by atoms with Crippen LogP contribution in [0.25, 0.3) is 0 Å². The van der Waals surface area contributed by atoms with Gasteiger partial charge in [0.2, 0.25) is 0 Å². The molecule has 0 aliphatic heterocycles. The molecule has 33 heavy (non-hydrogen) atoms. The predicted octanol–water partition coefficient (Wildman–Crippen LogP) is 3.42. The molecule has 2 amide bonds. The molecular formula is C24H20N4O5. The maximum absolute atomic E-state index is 12.6. The van der Waals surface area contributed by atoms with Gasteiger partial charge in [-0.1, -0.05) is 18.2 Å². The zero-order valence-electron chi connectivity index (χ0n) is 17.4. The van der Waals surface area contributed by atoms with Gasteiger partial charge in [-0.05, 0) is 54.6 Å². The summed E-state index contributed by atoms with van der Waals surface area (Å²) in [5.41, 5.74) is 0.798. The van der Waals surface area contributed by atoms with Crippen molar-refractivity contribution in [2.24, 2.45) is 0 Å². The lowest BCUT2D eigenvalue weighted by Crippen LogP contribution is -2.28. The molecule has 166 valence electrons. The number of carbonyl (C=O) groups is 2. The Bertz CT molecular complexity index is 1280. The van der Waals surface area contributed by atoms with E-state index in [0.717, 1.165) is 0 Å². The highest BCUT2D eigenvalue weighted by atomic mass is 16.5. The van der Waals surface area contributed by atoms with Crippen LogP contribution in [-0.4, -0.2) is 28.2 Å². The number of aromatic nitrogens is 2. The summed E-state index contributed by atoms with van der Waals surface area (Å²) >= 11 is 0. The molecule has 0 saturated heterocycles. The minimum Gasteiger partial charge on any atom is -0.492 e. The molecule has 9 nitrogen and oxygen atoms in total. The van der Waals surface area contributed by atoms with Crippen LogP contribution in [0.2, 0.25) is 0 Å². The van der Waals surface area contributed by atoms with Crippen LogP contribution in [0.4, 0.5) is 11.4 Å². The minimum absolute atomic E-state index is 0.0875. The van der Waals surface area contributed by atoms with Gasteiger partial charge >= 0.3 is 0 Å². The van der Waals surface area contributed by atoms with Crippen LogP contribution >= 0.6 is 0 Å². The molecule has 9 heteroatoms. The molecule has 0 saturated carbocycles. The standard InChI is InChI=1S/C24H20N4O5/c29-22-13-12-20(27-28(22)14-16-32-19-5-2-1-3-6-19)23(30)25-17-8-10-18(11-9-17)26-24(31)21-7-4-15-33-21/h1-13,15H,14,16H2,(H,25,30)(H,26,31). The SMILES string of the molecule is O=C(Nc1ccc(NC(=O)c2ccco2)cc1)c1ccc(=O)n(CCOc2ccccc2)n1. The minimum atomic E-state index is -0.472. The van der Waals surface area contributed by atoms with E-state index in [4.69, 9.17) is 9.15 Å². The summed E-state index contributed by atoms with van der Waals surface area (Å²) in [6.07, 6.45) is 1.42. The van der Waals surface area contributed by atoms with Crippen molar-refractivity contribution in [3.05, 3.63) is 107 Å². The quantitative estimate of drug-likeness (QED) is 0.430. The van der Waals surface area contributed by atoms with E-state index in [1.54, 1.807) is 36.4 Å². The number of benzene rings is 2. The molecule has 0 aliphatic carbocycles. The molecule has 0 aliphatic rings. The summed E-state index contributed by atoms with van der Waals surface area (Å²) in [5.74, 6) is 0.0329. The van der Waals surface area contributed by atoms with E-state index in [-0.39, 0.29) is 36.1 Å². The van der Waals surface area contributed by atoms with E-state index in [9.17, 15) is 14.4 Å². The monoisotopic (exact) mass is 444 g/mol. The number of anilines is 2. The Morgan fingerprint density at radius 2 is 1.55 bits per heavy atom. The first kappa shape index (κ1) is 21.6. The van der Waals surface area contributed by atoms with Gasteiger partial charge in [0.05, 0.1) is 12.8 Å². The van der Waals surface area contributed by atoms with Crippen molar-refractivity contribution in [3.8, 4) is 5.75 Å². The van der Waals surface area contributed by atoms with Gasteiger partial charge in [0.25, 0.3) is 17.4 Å². The Balaban J connectivity index is 1.35. The number of furan rings is 1. The van der Waals surface area contributed by atoms with Crippen LogP contribution in [0.15, 0.2) is 94.3 Å². The second-order valence-electron chi connectivity index (χ2n) is 6.90. The van der Waals surface area contributed by atoms with Gasteiger partial charge in [-0.3, -0.25) is 14.4 Å². The van der Waals surface area contributed by atoms with E-state index >= 15 is 0 Å². The van der Waals surface area contributed by atoms with Crippen LogP contribution in [0.1, 0.15) is 21.0 Å². The summed E-state index contributed by atoms with van der Waals surface area (Å²) in [4.78, 5) is 36.7. The summed E-state index contributed by atoms with van der Waals surface area (Å²) in [7, 11) is 0. The summed E-state index contributed by atoms with van der Waals surface area (Å²) in [5, 5.41) is 9.54. The fourth-order valence-corrected chi connectivity index (χ4v) is 2.93. The number of para-hydroxylation sites is 1. The maximum atomic E-state index is 12.6. The number of carbonyl (C=O) groups excluding carboxylic acids is 2. The molecule has 2 N–H and O–H groups in total. The van der Waals surface area contributed by atoms with Crippen molar-refractivity contribution in [1.29, 1.82) is 0 Å². The summed E-state index contributed by atoms with van der Waals surface area (Å²) in [6.45, 7) is 0.423. The third-order valence-electron chi connectivity index (χ3n) is 4.56. The zero-order chi connectivity index (χ0) is 23.0. The van der Waals surface area contributed by atoms with Gasteiger partial charge in [0, 0.05) is 17.4 Å². The van der Waals surface area contributed by atoms with E-state index < -0.39 is 5.91 Å². The van der Waals surface area contributed by atoms with Gasteiger partial charge in [-0.25, -0.2) is 4.68 Å². The molecule has 4 rings (SSSR count). The maximum Gasteiger partial charge on any atom is 0.291 e. The number of amides is 2. The number of nitrogens with zero attached hydrogens (tertiary/aromatic N) is 2. The van der Waals surface area contributed by atoms with Gasteiger partial charge < -0.3 is 19.8 Å². The molecule has 4 aromatic rings. The summed E-state index contributed by atoms with van der Waals surface area (Å²) in [6, 6.07) is 21.6. The average Bonchev–Trinajstić information content (AvgIpc) is 3.37. The third kappa shape index (κ3) is 5.73. The van der Waals surface area contributed by atoms with Crippen molar-refractivity contribution in [2.45, 2.75) is 6.54 Å². The van der Waals surface area contributed by atoms with Gasteiger partial charge in [-0.15, -0.1) is 0 Å². The highest BCUT2D eigenvalue weighted by molar-refractivity contribution is 6.04. The molecule has 2 aromatic carbocycles. The fourth-order valence-electron chi connectivity index (χ4n) is 2.93. The first-order valence-electron chi connectivity index (χ1n) is 10.1. The molecule has 0 atom stereocenters. The molecular weight excluding hydrogens is 424 g/mol. The highest BCUT2D eigenvalue weighted by Gasteiger charge is 2.12. The Labute approximate surface area is 188 Å². The van der Waals surface area contributed by atoms with E-state index in [2.05, 4.69) is 15.7 Å². The van der Waals surface area contributed by atoms with Gasteiger partial charge in [0.1, 0.15) is 18.1 Å². The Morgan fingerprint density at radius 3 is 2.21 bits per heavy atom. The highest BCUT2D eigenvalue weighted by Crippen LogP contribution is 2.15. The van der Waals surface area contributed by atoms with Crippen LogP contribution in [0.3, 0.4) is 0 Å². The largest absolute Gasteiger partial charge is 0.492 e. The molecule has 0 radical (unpaired) electrons. The first-order chi connectivity index (χ1) is 16.1. The fraction of sp³-hybridized carbons (Fsp3) is 0.0833. The van der Waals surface area contributed by atoms with Crippen LogP contribution in [0.5, 0.6) is 5.75 Å². The second kappa shape index (κ2) is 10.1. The Hall–Kier alpha value is -4.66. The lowest BCUT2D eigenvalue weighted by atomic mass is 10.2. The molecule has 0 unspecified atom stereocenters. The Morgan fingerprint density at radius 1 is 0.848 bits per heavy atom. The zero-order valence-corrected chi connectivity index (χ0v) is 17.4. The van der Waals surface area contributed by atoms with E-state index in [1.807, 2.05) is 30.3 Å². The van der Waals surface area contributed by atoms with Crippen LogP contribution in [-0.2, 0) is 6.54 Å². The summed E-state index contributed by atoms with van der Waals surface area (Å²) < 4.78 is 11.8. The average molecular weight is 444 g/mol. The smallest absolute Gasteiger partial charge is 0.291 e. The number of ether oxygens (including phenoxy) is 1. The number of nitrogens with one attached hydrogen (secondary N) is 2. The molecule has 0 fully saturated rings. The normalized spacial score (nSPS) is 10.4. The van der Waals surface area contributed by atoms with Crippen molar-refractivity contribution in [2.75, 3.05) is 17.2 Å². The Kier molecular flexibility index (Phi) is 6.60. The predicted molar refractivity (Wildman–Crippen MR) is 121 cm³/mol. The molecule has 2 heterocycles. The first-order valence-corrected chi connectivity index (χ1v) is 10.1. The van der Waals surface area contributed by atoms with E-state index in [1.165, 1.54) is 23.1 Å². The van der Waals surface area contributed by atoms with Crippen molar-refractivity contribution >= 4 is 23.2 Å². The number of hydrogen-bond acceptors (Lipinski definition) is 6. The third-order valence-corrected chi connectivity index (χ3v) is 4.56. The molecule has 2 aromatic heterocycles. The number of hydrogen-bond donors (Lipinski definition) is 2. The van der Waals surface area contributed by atoms with Crippen molar-refractivity contribution < 1.29 is 18.7 Å². The molecule has 0 bridgehead atoms. The van der Waals surface area contributed by atoms with Crippen molar-refractivity contribution in [1.82, 2.24) is 9.78 Å². The van der Waals surface area contributed by atoms with Crippen LogP contribution in [0, 0.1) is 0 Å². The second-order valence-corrected chi connectivity index (χ2v) is 6.90. The van der Waals surface area contributed by atoms with Gasteiger partial charge in [0.15, 0.2) is 5.76 Å². The van der Waals surface area contributed by atoms with Crippen LogP contribution < -0.4 is 20.9 Å². The van der Waals surface area contributed by atoms with Gasteiger partial charge in [-0.2, -0.15) is 5.10 Å².